The van der Waals surface area contributed by atoms with Crippen molar-refractivity contribution in [1.82, 2.24) is 9.79 Å². The molecule has 0 radical (unpaired) electrons. The third kappa shape index (κ3) is 7.76. The maximum absolute atomic E-state index is 13.6. The number of carbonyl (C=O) groups is 1. The van der Waals surface area contributed by atoms with E-state index < -0.39 is 34.5 Å². The van der Waals surface area contributed by atoms with Crippen molar-refractivity contribution in [3.63, 3.8) is 0 Å². The van der Waals surface area contributed by atoms with Crippen molar-refractivity contribution in [1.29, 1.82) is 0 Å². The predicted molar refractivity (Wildman–Crippen MR) is 119 cm³/mol. The fraction of sp³-hybridized carbons (Fsp3) is 0.435. The first-order valence-corrected chi connectivity index (χ1v) is 12.1. The average Bonchev–Trinajstić information content (AvgIpc) is 2.79. The second-order valence-electron chi connectivity index (χ2n) is 8.01. The van der Waals surface area contributed by atoms with Crippen LogP contribution in [0.5, 0.6) is 5.75 Å². The molecule has 0 bridgehead atoms. The highest BCUT2D eigenvalue weighted by Crippen LogP contribution is 2.26. The normalized spacial score (nSPS) is 12.7. The summed E-state index contributed by atoms with van der Waals surface area (Å²) in [5, 5.41) is 9.25. The molecule has 0 spiro atoms. The maximum atomic E-state index is 13.6. The molecule has 2 aromatic carbocycles. The lowest BCUT2D eigenvalue weighted by Gasteiger charge is -2.30. The molecule has 0 aliphatic carbocycles. The van der Waals surface area contributed by atoms with Gasteiger partial charge < -0.3 is 4.74 Å². The van der Waals surface area contributed by atoms with Crippen molar-refractivity contribution in [2.45, 2.75) is 50.6 Å². The SMILES string of the molecule is CC(C)CC(C(=O)NO)N(Cc1ccc(F)cc1)S(=O)(=O)c1ccc(OCCCCF)cc1. The molecule has 10 heteroatoms. The highest BCUT2D eigenvalue weighted by molar-refractivity contribution is 7.89. The minimum Gasteiger partial charge on any atom is -0.494 e. The van der Waals surface area contributed by atoms with E-state index in [4.69, 9.17) is 4.74 Å². The summed E-state index contributed by atoms with van der Waals surface area (Å²) in [6.45, 7) is 3.34. The zero-order valence-electron chi connectivity index (χ0n) is 18.7. The quantitative estimate of drug-likeness (QED) is 0.254. The molecule has 33 heavy (non-hydrogen) atoms. The van der Waals surface area contributed by atoms with E-state index in [1.54, 1.807) is 5.48 Å². The molecule has 0 aromatic heterocycles. The van der Waals surface area contributed by atoms with Gasteiger partial charge in [-0.2, -0.15) is 4.31 Å². The molecule has 0 saturated heterocycles. The topological polar surface area (TPSA) is 95.9 Å². The summed E-state index contributed by atoms with van der Waals surface area (Å²) in [5.41, 5.74) is 2.04. The summed E-state index contributed by atoms with van der Waals surface area (Å²) in [6.07, 6.45) is 1.08. The smallest absolute Gasteiger partial charge is 0.261 e. The molecular formula is C23H30F2N2O5S. The number of benzene rings is 2. The van der Waals surface area contributed by atoms with E-state index >= 15 is 0 Å². The lowest BCUT2D eigenvalue weighted by atomic mass is 10.0. The third-order valence-corrected chi connectivity index (χ3v) is 6.80. The molecule has 7 nitrogen and oxygen atoms in total. The number of sulfonamides is 1. The number of unbranched alkanes of at least 4 members (excludes halogenated alkanes) is 1. The van der Waals surface area contributed by atoms with Crippen LogP contribution in [-0.2, 0) is 21.4 Å². The summed E-state index contributed by atoms with van der Waals surface area (Å²) in [7, 11) is -4.19. The van der Waals surface area contributed by atoms with E-state index in [-0.39, 0.29) is 23.8 Å². The monoisotopic (exact) mass is 484 g/mol. The number of nitrogens with zero attached hydrogens (tertiary/aromatic N) is 1. The first-order chi connectivity index (χ1) is 15.7. The van der Waals surface area contributed by atoms with Crippen LogP contribution < -0.4 is 10.2 Å². The van der Waals surface area contributed by atoms with Crippen molar-refractivity contribution >= 4 is 15.9 Å². The van der Waals surface area contributed by atoms with Gasteiger partial charge in [0.15, 0.2) is 0 Å². The Labute approximate surface area is 193 Å². The van der Waals surface area contributed by atoms with Crippen LogP contribution in [0.4, 0.5) is 8.78 Å². The van der Waals surface area contributed by atoms with Gasteiger partial charge >= 0.3 is 0 Å². The molecule has 182 valence electrons. The zero-order valence-corrected chi connectivity index (χ0v) is 19.5. The fourth-order valence-electron chi connectivity index (χ4n) is 3.24. The molecule has 0 heterocycles. The van der Waals surface area contributed by atoms with Crippen LogP contribution in [0, 0.1) is 11.7 Å². The Kier molecular flexibility index (Phi) is 10.2. The molecular weight excluding hydrogens is 454 g/mol. The van der Waals surface area contributed by atoms with Crippen molar-refractivity contribution in [3.05, 3.63) is 59.9 Å². The van der Waals surface area contributed by atoms with E-state index in [2.05, 4.69) is 0 Å². The van der Waals surface area contributed by atoms with Crippen molar-refractivity contribution in [3.8, 4) is 5.75 Å². The van der Waals surface area contributed by atoms with E-state index in [1.807, 2.05) is 13.8 Å². The molecule has 2 aromatic rings. The van der Waals surface area contributed by atoms with E-state index in [0.29, 0.717) is 30.8 Å². The third-order valence-electron chi connectivity index (χ3n) is 4.93. The molecule has 0 aliphatic rings. The second-order valence-corrected chi connectivity index (χ2v) is 9.90. The number of halogens is 2. The number of amides is 1. The number of ether oxygens (including phenoxy) is 1. The summed E-state index contributed by atoms with van der Waals surface area (Å²) >= 11 is 0. The Morgan fingerprint density at radius 3 is 2.27 bits per heavy atom. The Balaban J connectivity index is 2.38. The molecule has 0 saturated carbocycles. The van der Waals surface area contributed by atoms with Crippen LogP contribution in [0.25, 0.3) is 0 Å². The van der Waals surface area contributed by atoms with E-state index in [1.165, 1.54) is 48.5 Å². The Hall–Kier alpha value is -2.56. The number of hydroxylamine groups is 1. The van der Waals surface area contributed by atoms with Gasteiger partial charge in [0, 0.05) is 6.54 Å². The number of hydrogen-bond acceptors (Lipinski definition) is 5. The molecule has 0 aliphatic heterocycles. The highest BCUT2D eigenvalue weighted by atomic mass is 32.2. The summed E-state index contributed by atoms with van der Waals surface area (Å²) in [5.74, 6) is -0.952. The van der Waals surface area contributed by atoms with E-state index in [9.17, 15) is 27.2 Å². The maximum Gasteiger partial charge on any atom is 0.261 e. The lowest BCUT2D eigenvalue weighted by molar-refractivity contribution is -0.133. The number of alkyl halides is 1. The first kappa shape index (κ1) is 26.7. The lowest BCUT2D eigenvalue weighted by Crippen LogP contribution is -2.49. The highest BCUT2D eigenvalue weighted by Gasteiger charge is 2.36. The first-order valence-electron chi connectivity index (χ1n) is 10.7. The largest absolute Gasteiger partial charge is 0.494 e. The van der Waals surface area contributed by atoms with Gasteiger partial charge in [-0.3, -0.25) is 14.4 Å². The minimum absolute atomic E-state index is 0.0571. The van der Waals surface area contributed by atoms with Crippen molar-refractivity contribution in [2.75, 3.05) is 13.3 Å². The Morgan fingerprint density at radius 1 is 1.09 bits per heavy atom. The Morgan fingerprint density at radius 2 is 1.73 bits per heavy atom. The van der Waals surface area contributed by atoms with Crippen LogP contribution in [-0.4, -0.2) is 43.2 Å². The van der Waals surface area contributed by atoms with Crippen LogP contribution in [0.1, 0.15) is 38.7 Å². The van der Waals surface area contributed by atoms with Crippen molar-refractivity contribution < 1.29 is 31.9 Å². The average molecular weight is 485 g/mol. The van der Waals surface area contributed by atoms with Crippen LogP contribution in [0.2, 0.25) is 0 Å². The molecule has 1 amide bonds. The number of hydrogen-bond donors (Lipinski definition) is 2. The summed E-state index contributed by atoms with van der Waals surface area (Å²) in [6, 6.07) is 9.80. The van der Waals surface area contributed by atoms with Gasteiger partial charge in [0.05, 0.1) is 18.2 Å². The van der Waals surface area contributed by atoms with Gasteiger partial charge in [-0.15, -0.1) is 0 Å². The summed E-state index contributed by atoms with van der Waals surface area (Å²) in [4.78, 5) is 12.4. The minimum atomic E-state index is -4.19. The molecule has 2 N–H and O–H groups in total. The van der Waals surface area contributed by atoms with E-state index in [0.717, 1.165) is 4.31 Å². The Bertz CT molecular complexity index is 983. The predicted octanol–water partition coefficient (Wildman–Crippen LogP) is 4.07. The number of nitrogens with one attached hydrogen (secondary N) is 1. The summed E-state index contributed by atoms with van der Waals surface area (Å²) < 4.78 is 59.2. The van der Waals surface area contributed by atoms with Gasteiger partial charge in [0.2, 0.25) is 10.0 Å². The number of carbonyl (C=O) groups excluding carboxylic acids is 1. The molecule has 2 rings (SSSR count). The molecule has 1 atom stereocenters. The van der Waals surface area contributed by atoms with Crippen molar-refractivity contribution in [2.24, 2.45) is 5.92 Å². The number of rotatable bonds is 13. The van der Waals surface area contributed by atoms with Gasteiger partial charge in [0.25, 0.3) is 5.91 Å². The van der Waals surface area contributed by atoms with Gasteiger partial charge in [0.1, 0.15) is 17.6 Å². The van der Waals surface area contributed by atoms with Crippen LogP contribution >= 0.6 is 0 Å². The van der Waals surface area contributed by atoms with Gasteiger partial charge in [-0.05, 0) is 67.1 Å². The van der Waals surface area contributed by atoms with Crippen LogP contribution in [0.3, 0.4) is 0 Å². The second kappa shape index (κ2) is 12.6. The van der Waals surface area contributed by atoms with Gasteiger partial charge in [-0.1, -0.05) is 26.0 Å². The zero-order chi connectivity index (χ0) is 24.4. The van der Waals surface area contributed by atoms with Crippen LogP contribution in [0.15, 0.2) is 53.4 Å². The molecule has 1 unspecified atom stereocenters. The van der Waals surface area contributed by atoms with Gasteiger partial charge in [-0.25, -0.2) is 18.3 Å². The fourth-order valence-corrected chi connectivity index (χ4v) is 4.83. The standard InChI is InChI=1S/C23H30F2N2O5S/c1-17(2)15-22(23(28)26-29)27(16-18-5-7-19(25)8-6-18)33(30,31)21-11-9-20(10-12-21)32-14-4-3-13-24/h5-12,17,22,29H,3-4,13-16H2,1-2H3,(H,26,28). The molecule has 0 fully saturated rings.